The van der Waals surface area contributed by atoms with Crippen molar-refractivity contribution < 1.29 is 9.53 Å². The highest BCUT2D eigenvalue weighted by atomic mass is 16.5. The Morgan fingerprint density at radius 3 is 3.00 bits per heavy atom. The maximum absolute atomic E-state index is 11.7. The number of nitrogens with zero attached hydrogens (tertiary/aromatic N) is 1. The van der Waals surface area contributed by atoms with Gasteiger partial charge in [-0.25, -0.2) is 0 Å². The Morgan fingerprint density at radius 1 is 1.65 bits per heavy atom. The zero-order valence-electron chi connectivity index (χ0n) is 10.9. The molecule has 2 unspecified atom stereocenters. The second-order valence-corrected chi connectivity index (χ2v) is 4.76. The van der Waals surface area contributed by atoms with E-state index >= 15 is 0 Å². The van der Waals surface area contributed by atoms with E-state index in [1.807, 2.05) is 0 Å². The summed E-state index contributed by atoms with van der Waals surface area (Å²) in [5.74, 6) is -0.0404. The number of ether oxygens (including phenoxy) is 1. The highest BCUT2D eigenvalue weighted by molar-refractivity contribution is 5.81. The molecule has 100 valence electrons. The number of carbonyl (C=O) groups excluding carboxylic acids is 1. The number of nitrogens with one attached hydrogen (secondary N) is 1. The van der Waals surface area contributed by atoms with E-state index in [4.69, 9.17) is 10.5 Å². The van der Waals surface area contributed by atoms with E-state index < -0.39 is 6.04 Å². The molecule has 0 aromatic heterocycles. The highest BCUT2D eigenvalue weighted by Gasteiger charge is 2.22. The monoisotopic (exact) mass is 243 g/mol. The maximum Gasteiger partial charge on any atom is 0.236 e. The molecule has 0 aromatic rings. The van der Waals surface area contributed by atoms with Crippen molar-refractivity contribution in [2.24, 2.45) is 5.73 Å². The van der Waals surface area contributed by atoms with Crippen LogP contribution in [0.5, 0.6) is 0 Å². The fraction of sp³-hybridized carbons (Fsp3) is 0.917. The van der Waals surface area contributed by atoms with E-state index in [0.29, 0.717) is 25.6 Å². The van der Waals surface area contributed by atoms with Crippen molar-refractivity contribution in [2.45, 2.75) is 37.8 Å². The molecule has 5 heteroatoms. The van der Waals surface area contributed by atoms with E-state index in [1.165, 1.54) is 6.42 Å². The number of hydrogen-bond donors (Lipinski definition) is 2. The Bertz CT molecular complexity index is 236. The third-order valence-electron chi connectivity index (χ3n) is 3.38. The molecule has 1 saturated heterocycles. The molecule has 0 bridgehead atoms. The Labute approximate surface area is 104 Å². The minimum absolute atomic E-state index is 0.0404. The molecule has 1 fully saturated rings. The zero-order valence-corrected chi connectivity index (χ0v) is 10.9. The summed E-state index contributed by atoms with van der Waals surface area (Å²) in [6, 6.07) is 0.0713. The van der Waals surface area contributed by atoms with Gasteiger partial charge in [-0.1, -0.05) is 0 Å². The molecule has 1 heterocycles. The van der Waals surface area contributed by atoms with E-state index in [0.717, 1.165) is 19.4 Å². The van der Waals surface area contributed by atoms with Gasteiger partial charge in [0.2, 0.25) is 5.91 Å². The van der Waals surface area contributed by atoms with Crippen LogP contribution in [-0.4, -0.2) is 56.7 Å². The fourth-order valence-electron chi connectivity index (χ4n) is 2.17. The normalized spacial score (nSPS) is 22.6. The molecule has 1 aliphatic rings. The van der Waals surface area contributed by atoms with Gasteiger partial charge in [0.05, 0.1) is 6.04 Å². The lowest BCUT2D eigenvalue weighted by Gasteiger charge is -2.20. The molecule has 0 aromatic carbocycles. The van der Waals surface area contributed by atoms with Crippen molar-refractivity contribution in [1.29, 1.82) is 0 Å². The number of likely N-dealkylation sites (N-methyl/N-ethyl adjacent to an activating group) is 1. The Hall–Kier alpha value is -0.650. The van der Waals surface area contributed by atoms with Crippen molar-refractivity contribution in [1.82, 2.24) is 10.2 Å². The molecule has 2 atom stereocenters. The van der Waals surface area contributed by atoms with Crippen LogP contribution < -0.4 is 11.1 Å². The molecule has 0 radical (unpaired) electrons. The zero-order chi connectivity index (χ0) is 12.7. The van der Waals surface area contributed by atoms with Crippen LogP contribution in [0.25, 0.3) is 0 Å². The van der Waals surface area contributed by atoms with Crippen LogP contribution in [0.15, 0.2) is 0 Å². The average molecular weight is 243 g/mol. The van der Waals surface area contributed by atoms with Gasteiger partial charge in [-0.3, -0.25) is 4.79 Å². The number of rotatable bonds is 7. The molecule has 1 aliphatic heterocycles. The second-order valence-electron chi connectivity index (χ2n) is 4.76. The lowest BCUT2D eigenvalue weighted by Crippen LogP contribution is -2.45. The summed E-state index contributed by atoms with van der Waals surface area (Å²) in [7, 11) is 3.75. The van der Waals surface area contributed by atoms with E-state index in [1.54, 1.807) is 7.11 Å². The Balaban J connectivity index is 2.15. The van der Waals surface area contributed by atoms with Crippen LogP contribution in [0.1, 0.15) is 25.7 Å². The Kier molecular flexibility index (Phi) is 6.47. The molecular formula is C12H25N3O2. The van der Waals surface area contributed by atoms with Gasteiger partial charge in [0, 0.05) is 26.3 Å². The molecule has 1 rings (SSSR count). The summed E-state index contributed by atoms with van der Waals surface area (Å²) in [6.45, 7) is 2.50. The minimum Gasteiger partial charge on any atom is -0.385 e. The fourth-order valence-corrected chi connectivity index (χ4v) is 2.17. The van der Waals surface area contributed by atoms with Gasteiger partial charge in [0.25, 0.3) is 0 Å². The number of carbonyl (C=O) groups is 1. The van der Waals surface area contributed by atoms with Gasteiger partial charge in [-0.05, 0) is 39.3 Å². The number of nitrogens with two attached hydrogens (primary N) is 1. The van der Waals surface area contributed by atoms with Crippen LogP contribution in [0.4, 0.5) is 0 Å². The first-order valence-electron chi connectivity index (χ1n) is 6.37. The van der Waals surface area contributed by atoms with Gasteiger partial charge in [-0.15, -0.1) is 0 Å². The van der Waals surface area contributed by atoms with E-state index in [-0.39, 0.29) is 5.91 Å². The standard InChI is InChI=1S/C12H25N3O2/c1-15-7-3-5-10(15)9-14-12(16)11(13)6-4-8-17-2/h10-11H,3-9,13H2,1-2H3,(H,14,16). The van der Waals surface area contributed by atoms with E-state index in [9.17, 15) is 4.79 Å². The summed E-state index contributed by atoms with van der Waals surface area (Å²) >= 11 is 0. The van der Waals surface area contributed by atoms with Gasteiger partial charge < -0.3 is 20.7 Å². The Morgan fingerprint density at radius 2 is 2.41 bits per heavy atom. The molecule has 0 saturated carbocycles. The molecule has 0 aliphatic carbocycles. The average Bonchev–Trinajstić information content (AvgIpc) is 2.72. The maximum atomic E-state index is 11.7. The molecule has 1 amide bonds. The lowest BCUT2D eigenvalue weighted by atomic mass is 10.1. The third kappa shape index (κ3) is 5.02. The highest BCUT2D eigenvalue weighted by Crippen LogP contribution is 2.13. The first-order chi connectivity index (χ1) is 8.15. The molecule has 0 spiro atoms. The van der Waals surface area contributed by atoms with Gasteiger partial charge in [0.1, 0.15) is 0 Å². The predicted octanol–water partition coefficient (Wildman–Crippen LogP) is -0.0493. The van der Waals surface area contributed by atoms with Crippen LogP contribution in [-0.2, 0) is 9.53 Å². The topological polar surface area (TPSA) is 67.6 Å². The summed E-state index contributed by atoms with van der Waals surface area (Å²) in [6.07, 6.45) is 3.89. The van der Waals surface area contributed by atoms with Crippen molar-refractivity contribution in [3.8, 4) is 0 Å². The lowest BCUT2D eigenvalue weighted by molar-refractivity contribution is -0.122. The smallest absolute Gasteiger partial charge is 0.236 e. The van der Waals surface area contributed by atoms with Gasteiger partial charge in [0.15, 0.2) is 0 Å². The largest absolute Gasteiger partial charge is 0.385 e. The molecular weight excluding hydrogens is 218 g/mol. The third-order valence-corrected chi connectivity index (χ3v) is 3.38. The minimum atomic E-state index is -0.406. The number of methoxy groups -OCH3 is 1. The number of likely N-dealkylation sites (tertiary alicyclic amines) is 1. The van der Waals surface area contributed by atoms with Crippen molar-refractivity contribution in [2.75, 3.05) is 33.9 Å². The second kappa shape index (κ2) is 7.63. The summed E-state index contributed by atoms with van der Waals surface area (Å²) in [4.78, 5) is 14.0. The molecule has 3 N–H and O–H groups in total. The first-order valence-corrected chi connectivity index (χ1v) is 6.37. The van der Waals surface area contributed by atoms with Crippen LogP contribution in [0.3, 0.4) is 0 Å². The number of amides is 1. The van der Waals surface area contributed by atoms with Crippen molar-refractivity contribution in [3.05, 3.63) is 0 Å². The van der Waals surface area contributed by atoms with Crippen LogP contribution in [0.2, 0.25) is 0 Å². The molecule has 17 heavy (non-hydrogen) atoms. The SMILES string of the molecule is COCCCC(N)C(=O)NCC1CCCN1C. The van der Waals surface area contributed by atoms with Gasteiger partial charge >= 0.3 is 0 Å². The predicted molar refractivity (Wildman–Crippen MR) is 67.7 cm³/mol. The number of hydrogen-bond acceptors (Lipinski definition) is 4. The quantitative estimate of drug-likeness (QED) is 0.615. The summed E-state index contributed by atoms with van der Waals surface area (Å²) in [5.41, 5.74) is 5.80. The van der Waals surface area contributed by atoms with Gasteiger partial charge in [-0.2, -0.15) is 0 Å². The summed E-state index contributed by atoms with van der Waals surface area (Å²) in [5, 5.41) is 2.94. The van der Waals surface area contributed by atoms with Crippen molar-refractivity contribution >= 4 is 5.91 Å². The molecule has 5 nitrogen and oxygen atoms in total. The summed E-state index contributed by atoms with van der Waals surface area (Å²) < 4.78 is 4.93. The first kappa shape index (κ1) is 14.4. The van der Waals surface area contributed by atoms with Crippen molar-refractivity contribution in [3.63, 3.8) is 0 Å². The van der Waals surface area contributed by atoms with Crippen LogP contribution in [0, 0.1) is 0 Å². The van der Waals surface area contributed by atoms with E-state index in [2.05, 4.69) is 17.3 Å². The van der Waals surface area contributed by atoms with Crippen LogP contribution >= 0.6 is 0 Å².